The van der Waals surface area contributed by atoms with Crippen molar-refractivity contribution in [3.05, 3.63) is 59.7 Å². The van der Waals surface area contributed by atoms with Gasteiger partial charge in [0, 0.05) is 18.3 Å². The van der Waals surface area contributed by atoms with Gasteiger partial charge < -0.3 is 10.6 Å². The molecule has 2 N–H and O–H groups in total. The molecule has 5 heteroatoms. The van der Waals surface area contributed by atoms with Gasteiger partial charge in [-0.2, -0.15) is 0 Å². The van der Waals surface area contributed by atoms with Crippen LogP contribution in [0.15, 0.2) is 42.6 Å². The van der Waals surface area contributed by atoms with Gasteiger partial charge in [-0.3, -0.25) is 4.98 Å². The number of halogens is 1. The first-order valence-electron chi connectivity index (χ1n) is 6.36. The maximum Gasteiger partial charge on any atom is 0.147 e. The number of pyridine rings is 1. The fourth-order valence-electron chi connectivity index (χ4n) is 1.97. The lowest BCUT2D eigenvalue weighted by Crippen LogP contribution is -2.24. The summed E-state index contributed by atoms with van der Waals surface area (Å²) in [6, 6.07) is 10.5. The van der Waals surface area contributed by atoms with Crippen molar-refractivity contribution < 1.29 is 4.39 Å². The van der Waals surface area contributed by atoms with Gasteiger partial charge in [0.25, 0.3) is 0 Å². The van der Waals surface area contributed by atoms with E-state index in [1.165, 1.54) is 6.07 Å². The molecule has 1 aromatic heterocycles. The monoisotopic (exact) mass is 289 g/mol. The third-order valence-corrected chi connectivity index (χ3v) is 3.27. The Labute approximate surface area is 123 Å². The van der Waals surface area contributed by atoms with Crippen LogP contribution in [-0.4, -0.2) is 16.5 Å². The minimum absolute atomic E-state index is 0.197. The minimum Gasteiger partial charge on any atom is -0.389 e. The van der Waals surface area contributed by atoms with Gasteiger partial charge in [0.05, 0.1) is 17.9 Å². The van der Waals surface area contributed by atoms with E-state index in [0.29, 0.717) is 24.3 Å². The predicted octanol–water partition coefficient (Wildman–Crippen LogP) is 2.88. The van der Waals surface area contributed by atoms with Gasteiger partial charge in [-0.1, -0.05) is 18.3 Å². The summed E-state index contributed by atoms with van der Waals surface area (Å²) in [5.41, 5.74) is 7.46. The van der Waals surface area contributed by atoms with Crippen molar-refractivity contribution in [2.45, 2.75) is 13.5 Å². The van der Waals surface area contributed by atoms with Gasteiger partial charge >= 0.3 is 0 Å². The van der Waals surface area contributed by atoms with Gasteiger partial charge in [-0.25, -0.2) is 4.39 Å². The molecular weight excluding hydrogens is 273 g/mol. The van der Waals surface area contributed by atoms with E-state index in [1.807, 2.05) is 30.0 Å². The zero-order valence-electron chi connectivity index (χ0n) is 11.2. The number of nitrogens with two attached hydrogens (primary N) is 1. The summed E-state index contributed by atoms with van der Waals surface area (Å²) in [5, 5.41) is 0. The van der Waals surface area contributed by atoms with Gasteiger partial charge in [-0.05, 0) is 37.3 Å². The number of rotatable bonds is 5. The van der Waals surface area contributed by atoms with E-state index >= 15 is 0 Å². The Kier molecular flexibility index (Phi) is 4.63. The quantitative estimate of drug-likeness (QED) is 0.859. The molecule has 0 aliphatic heterocycles. The molecule has 0 aliphatic carbocycles. The second kappa shape index (κ2) is 6.43. The van der Waals surface area contributed by atoms with Crippen molar-refractivity contribution in [3.63, 3.8) is 0 Å². The number of thiocarbonyl (C=S) groups is 1. The van der Waals surface area contributed by atoms with Crippen LogP contribution >= 0.6 is 12.2 Å². The molecule has 0 aliphatic rings. The highest BCUT2D eigenvalue weighted by Gasteiger charge is 2.12. The number of anilines is 1. The first-order valence-corrected chi connectivity index (χ1v) is 6.77. The lowest BCUT2D eigenvalue weighted by atomic mass is 10.1. The van der Waals surface area contributed by atoms with E-state index in [2.05, 4.69) is 4.98 Å². The highest BCUT2D eigenvalue weighted by molar-refractivity contribution is 7.80. The Morgan fingerprint density at radius 1 is 1.35 bits per heavy atom. The Morgan fingerprint density at radius 3 is 2.70 bits per heavy atom. The van der Waals surface area contributed by atoms with E-state index in [-0.39, 0.29) is 10.8 Å². The van der Waals surface area contributed by atoms with Crippen LogP contribution in [0.3, 0.4) is 0 Å². The van der Waals surface area contributed by atoms with Crippen LogP contribution < -0.4 is 10.6 Å². The van der Waals surface area contributed by atoms with E-state index < -0.39 is 0 Å². The standard InChI is InChI=1S/C15H16FN3S/c1-2-19(10-12-5-3-4-8-18-12)14-7-6-11(15(17)20)9-13(14)16/h3-9H,2,10H2,1H3,(H2,17,20). The van der Waals surface area contributed by atoms with Crippen molar-refractivity contribution >= 4 is 22.9 Å². The molecule has 104 valence electrons. The number of nitrogens with zero attached hydrogens (tertiary/aromatic N) is 2. The topological polar surface area (TPSA) is 42.2 Å². The molecule has 0 bridgehead atoms. The lowest BCUT2D eigenvalue weighted by molar-refractivity contribution is 0.617. The normalized spacial score (nSPS) is 10.3. The summed E-state index contributed by atoms with van der Waals surface area (Å²) in [4.78, 5) is 6.38. The SMILES string of the molecule is CCN(Cc1ccccn1)c1ccc(C(N)=S)cc1F. The Morgan fingerprint density at radius 2 is 2.15 bits per heavy atom. The van der Waals surface area contributed by atoms with E-state index in [9.17, 15) is 4.39 Å². The molecule has 3 nitrogen and oxygen atoms in total. The highest BCUT2D eigenvalue weighted by atomic mass is 32.1. The Balaban J connectivity index is 2.26. The van der Waals surface area contributed by atoms with Gasteiger partial charge in [0.1, 0.15) is 10.8 Å². The summed E-state index contributed by atoms with van der Waals surface area (Å²) < 4.78 is 14.2. The average Bonchev–Trinajstić information content (AvgIpc) is 2.46. The fraction of sp³-hybridized carbons (Fsp3) is 0.200. The average molecular weight is 289 g/mol. The molecule has 0 saturated heterocycles. The maximum atomic E-state index is 14.2. The maximum absolute atomic E-state index is 14.2. The molecule has 0 atom stereocenters. The van der Waals surface area contributed by atoms with Crippen molar-refractivity contribution in [2.24, 2.45) is 5.73 Å². The molecular formula is C15H16FN3S. The molecule has 0 unspecified atom stereocenters. The molecule has 2 aromatic rings. The molecule has 1 heterocycles. The van der Waals surface area contributed by atoms with E-state index in [0.717, 1.165) is 5.69 Å². The fourth-order valence-corrected chi connectivity index (χ4v) is 2.10. The molecule has 0 radical (unpaired) electrons. The Hall–Kier alpha value is -2.01. The summed E-state index contributed by atoms with van der Waals surface area (Å²) in [7, 11) is 0. The van der Waals surface area contributed by atoms with Crippen LogP contribution in [-0.2, 0) is 6.54 Å². The van der Waals surface area contributed by atoms with E-state index in [4.69, 9.17) is 18.0 Å². The molecule has 0 saturated carbocycles. The van der Waals surface area contributed by atoms with Crippen molar-refractivity contribution in [1.82, 2.24) is 4.98 Å². The van der Waals surface area contributed by atoms with Gasteiger partial charge in [0.15, 0.2) is 0 Å². The zero-order valence-corrected chi connectivity index (χ0v) is 12.0. The van der Waals surface area contributed by atoms with Crippen LogP contribution in [0, 0.1) is 5.82 Å². The summed E-state index contributed by atoms with van der Waals surface area (Å²) >= 11 is 4.85. The molecule has 20 heavy (non-hydrogen) atoms. The molecule has 1 aromatic carbocycles. The van der Waals surface area contributed by atoms with E-state index in [1.54, 1.807) is 18.3 Å². The van der Waals surface area contributed by atoms with Crippen LogP contribution in [0.5, 0.6) is 0 Å². The van der Waals surface area contributed by atoms with Crippen LogP contribution in [0.2, 0.25) is 0 Å². The first-order chi connectivity index (χ1) is 9.61. The number of benzene rings is 1. The first kappa shape index (κ1) is 14.4. The molecule has 0 fully saturated rings. The Bertz CT molecular complexity index is 601. The molecule has 0 spiro atoms. The van der Waals surface area contributed by atoms with Crippen LogP contribution in [0.25, 0.3) is 0 Å². The van der Waals surface area contributed by atoms with Crippen molar-refractivity contribution in [3.8, 4) is 0 Å². The summed E-state index contributed by atoms with van der Waals surface area (Å²) in [5.74, 6) is -0.326. The van der Waals surface area contributed by atoms with Crippen molar-refractivity contribution in [1.29, 1.82) is 0 Å². The number of hydrogen-bond acceptors (Lipinski definition) is 3. The molecule has 0 amide bonds. The minimum atomic E-state index is -0.326. The van der Waals surface area contributed by atoms with Gasteiger partial charge in [0.2, 0.25) is 0 Å². The summed E-state index contributed by atoms with van der Waals surface area (Å²) in [6.45, 7) is 3.21. The number of hydrogen-bond donors (Lipinski definition) is 1. The third-order valence-electron chi connectivity index (χ3n) is 3.03. The second-order valence-electron chi connectivity index (χ2n) is 4.37. The third kappa shape index (κ3) is 3.30. The molecule has 2 rings (SSSR count). The zero-order chi connectivity index (χ0) is 14.5. The lowest BCUT2D eigenvalue weighted by Gasteiger charge is -2.23. The predicted molar refractivity (Wildman–Crippen MR) is 83.2 cm³/mol. The highest BCUT2D eigenvalue weighted by Crippen LogP contribution is 2.22. The van der Waals surface area contributed by atoms with Crippen molar-refractivity contribution in [2.75, 3.05) is 11.4 Å². The summed E-state index contributed by atoms with van der Waals surface area (Å²) in [6.07, 6.45) is 1.73. The number of aromatic nitrogens is 1. The largest absolute Gasteiger partial charge is 0.389 e. The smallest absolute Gasteiger partial charge is 0.147 e. The van der Waals surface area contributed by atoms with Crippen LogP contribution in [0.1, 0.15) is 18.2 Å². The second-order valence-corrected chi connectivity index (χ2v) is 4.81. The van der Waals surface area contributed by atoms with Crippen LogP contribution in [0.4, 0.5) is 10.1 Å². The van der Waals surface area contributed by atoms with Gasteiger partial charge in [-0.15, -0.1) is 0 Å².